The van der Waals surface area contributed by atoms with Crippen molar-refractivity contribution in [2.45, 2.75) is 38.6 Å². The molecule has 1 N–H and O–H groups in total. The van der Waals surface area contributed by atoms with Gasteiger partial charge in [0, 0.05) is 37.5 Å². The molecule has 0 radical (unpaired) electrons. The molecule has 0 bridgehead atoms. The summed E-state index contributed by atoms with van der Waals surface area (Å²) in [5.74, 6) is -0.263. The van der Waals surface area contributed by atoms with E-state index in [9.17, 15) is 9.59 Å². The van der Waals surface area contributed by atoms with Crippen LogP contribution in [0.3, 0.4) is 0 Å². The van der Waals surface area contributed by atoms with Gasteiger partial charge in [0.2, 0.25) is 0 Å². The minimum Gasteiger partial charge on any atom is -0.352 e. The number of benzene rings is 1. The van der Waals surface area contributed by atoms with E-state index < -0.39 is 0 Å². The molecule has 0 saturated carbocycles. The molecule has 3 aromatic rings. The zero-order valence-electron chi connectivity index (χ0n) is 15.7. The average Bonchev–Trinajstić information content (AvgIpc) is 3.11. The van der Waals surface area contributed by atoms with Crippen molar-refractivity contribution in [3.05, 3.63) is 69.8 Å². The van der Waals surface area contributed by atoms with Crippen molar-refractivity contribution in [3.8, 4) is 0 Å². The lowest BCUT2D eigenvalue weighted by Gasteiger charge is -2.20. The molecule has 1 aliphatic carbocycles. The Kier molecular flexibility index (Phi) is 4.84. The maximum atomic E-state index is 12.5. The number of amides is 1. The van der Waals surface area contributed by atoms with Crippen molar-refractivity contribution < 1.29 is 4.79 Å². The first-order valence-corrected chi connectivity index (χ1v) is 9.69. The Bertz CT molecular complexity index is 1050. The van der Waals surface area contributed by atoms with Gasteiger partial charge in [-0.15, -0.1) is 0 Å². The van der Waals surface area contributed by atoms with E-state index in [4.69, 9.17) is 0 Å². The summed E-state index contributed by atoms with van der Waals surface area (Å²) in [6.45, 7) is 1.38. The Balaban J connectivity index is 1.40. The van der Waals surface area contributed by atoms with Crippen LogP contribution in [0, 0.1) is 0 Å². The van der Waals surface area contributed by atoms with Crippen LogP contribution in [0.2, 0.25) is 0 Å². The van der Waals surface area contributed by atoms with E-state index in [0.29, 0.717) is 6.54 Å². The normalized spacial score (nSPS) is 13.5. The molecule has 0 saturated heterocycles. The third kappa shape index (κ3) is 3.42. The number of fused-ring (bicyclic) bond motifs is 2. The van der Waals surface area contributed by atoms with Crippen molar-refractivity contribution in [2.75, 3.05) is 6.54 Å². The van der Waals surface area contributed by atoms with E-state index in [2.05, 4.69) is 34.3 Å². The minimum absolute atomic E-state index is 0.190. The molecule has 0 unspecified atom stereocenters. The fraction of sp³-hybridized carbons (Fsp3) is 0.364. The Labute approximate surface area is 158 Å². The molecule has 27 heavy (non-hydrogen) atoms. The van der Waals surface area contributed by atoms with E-state index in [1.807, 2.05) is 18.2 Å². The first-order chi connectivity index (χ1) is 13.1. The first kappa shape index (κ1) is 17.6. The molecule has 0 atom stereocenters. The van der Waals surface area contributed by atoms with Crippen LogP contribution in [-0.4, -0.2) is 21.6 Å². The standard InChI is InChI=1S/C22H25N3O2/c1-24-19-9-4-3-8-17(19)15-18(22(24)27)21(26)23-12-6-13-25-14-11-16-7-2-5-10-20(16)25/h2,5,7,10-11,14-15H,3-4,6,8-9,12-13H2,1H3,(H,23,26). The third-order valence-electron chi connectivity index (χ3n) is 5.53. The van der Waals surface area contributed by atoms with E-state index in [0.717, 1.165) is 49.9 Å². The Morgan fingerprint density at radius 2 is 1.96 bits per heavy atom. The second-order valence-electron chi connectivity index (χ2n) is 7.28. The van der Waals surface area contributed by atoms with Crippen molar-refractivity contribution in [2.24, 2.45) is 7.05 Å². The lowest BCUT2D eigenvalue weighted by Crippen LogP contribution is -2.35. The molecule has 5 heteroatoms. The average molecular weight is 363 g/mol. The smallest absolute Gasteiger partial charge is 0.263 e. The Hall–Kier alpha value is -2.82. The highest BCUT2D eigenvalue weighted by atomic mass is 16.2. The molecule has 140 valence electrons. The minimum atomic E-state index is -0.263. The summed E-state index contributed by atoms with van der Waals surface area (Å²) in [5, 5.41) is 4.14. The van der Waals surface area contributed by atoms with Crippen LogP contribution in [0.5, 0.6) is 0 Å². The van der Waals surface area contributed by atoms with Gasteiger partial charge in [0.1, 0.15) is 5.56 Å². The van der Waals surface area contributed by atoms with E-state index in [-0.39, 0.29) is 17.0 Å². The van der Waals surface area contributed by atoms with Gasteiger partial charge in [-0.05, 0) is 61.3 Å². The van der Waals surface area contributed by atoms with Crippen molar-refractivity contribution in [3.63, 3.8) is 0 Å². The zero-order chi connectivity index (χ0) is 18.8. The lowest BCUT2D eigenvalue weighted by atomic mass is 9.94. The van der Waals surface area contributed by atoms with Gasteiger partial charge in [-0.2, -0.15) is 0 Å². The van der Waals surface area contributed by atoms with Crippen molar-refractivity contribution >= 4 is 16.8 Å². The fourth-order valence-corrected chi connectivity index (χ4v) is 4.04. The van der Waals surface area contributed by atoms with Crippen LogP contribution in [0.25, 0.3) is 10.9 Å². The molecule has 1 aromatic carbocycles. The summed E-state index contributed by atoms with van der Waals surface area (Å²) in [7, 11) is 1.78. The van der Waals surface area contributed by atoms with Crippen LogP contribution < -0.4 is 10.9 Å². The molecule has 2 heterocycles. The van der Waals surface area contributed by atoms with Gasteiger partial charge in [-0.1, -0.05) is 18.2 Å². The highest BCUT2D eigenvalue weighted by Crippen LogP contribution is 2.20. The quantitative estimate of drug-likeness (QED) is 0.709. The fourth-order valence-electron chi connectivity index (χ4n) is 4.04. The van der Waals surface area contributed by atoms with Crippen LogP contribution >= 0.6 is 0 Å². The topological polar surface area (TPSA) is 56.0 Å². The van der Waals surface area contributed by atoms with Gasteiger partial charge in [0.15, 0.2) is 0 Å². The summed E-state index contributed by atoms with van der Waals surface area (Å²) in [4.78, 5) is 25.1. The number of para-hydroxylation sites is 1. The first-order valence-electron chi connectivity index (χ1n) is 9.69. The monoisotopic (exact) mass is 363 g/mol. The second-order valence-corrected chi connectivity index (χ2v) is 7.28. The molecule has 4 rings (SSSR count). The Morgan fingerprint density at radius 3 is 2.85 bits per heavy atom. The summed E-state index contributed by atoms with van der Waals surface area (Å²) >= 11 is 0. The number of hydrogen-bond acceptors (Lipinski definition) is 2. The molecule has 2 aromatic heterocycles. The van der Waals surface area contributed by atoms with E-state index in [1.165, 1.54) is 10.9 Å². The summed E-state index contributed by atoms with van der Waals surface area (Å²) in [5.41, 5.74) is 3.51. The van der Waals surface area contributed by atoms with Gasteiger partial charge >= 0.3 is 0 Å². The third-order valence-corrected chi connectivity index (χ3v) is 5.53. The molecular weight excluding hydrogens is 338 g/mol. The molecule has 0 aliphatic heterocycles. The Morgan fingerprint density at radius 1 is 1.15 bits per heavy atom. The number of pyridine rings is 1. The van der Waals surface area contributed by atoms with E-state index in [1.54, 1.807) is 11.6 Å². The predicted octanol–water partition coefficient (Wildman–Crippen LogP) is 3.04. The van der Waals surface area contributed by atoms with Gasteiger partial charge in [0.05, 0.1) is 0 Å². The summed E-state index contributed by atoms with van der Waals surface area (Å²) in [6, 6.07) is 12.2. The number of aryl methyl sites for hydroxylation is 2. The van der Waals surface area contributed by atoms with E-state index >= 15 is 0 Å². The second kappa shape index (κ2) is 7.43. The number of hydrogen-bond donors (Lipinski definition) is 1. The van der Waals surface area contributed by atoms with Crippen LogP contribution in [-0.2, 0) is 26.4 Å². The maximum Gasteiger partial charge on any atom is 0.263 e. The molecule has 1 aliphatic rings. The molecule has 0 fully saturated rings. The van der Waals surface area contributed by atoms with Gasteiger partial charge in [0.25, 0.3) is 11.5 Å². The molecular formula is C22H25N3O2. The zero-order valence-corrected chi connectivity index (χ0v) is 15.7. The van der Waals surface area contributed by atoms with Crippen LogP contribution in [0.4, 0.5) is 0 Å². The largest absolute Gasteiger partial charge is 0.352 e. The number of nitrogens with one attached hydrogen (secondary N) is 1. The lowest BCUT2D eigenvalue weighted by molar-refractivity contribution is 0.0950. The van der Waals surface area contributed by atoms with Gasteiger partial charge in [-0.25, -0.2) is 0 Å². The number of aromatic nitrogens is 2. The van der Waals surface area contributed by atoms with Crippen molar-refractivity contribution in [1.82, 2.24) is 14.5 Å². The SMILES string of the molecule is Cn1c2c(cc(C(=O)NCCCn3ccc4ccccc43)c1=O)CCCC2. The molecule has 0 spiro atoms. The number of carbonyl (C=O) groups is 1. The predicted molar refractivity (Wildman–Crippen MR) is 107 cm³/mol. The van der Waals surface area contributed by atoms with Crippen molar-refractivity contribution in [1.29, 1.82) is 0 Å². The number of carbonyl (C=O) groups excluding carboxylic acids is 1. The van der Waals surface area contributed by atoms with Crippen LogP contribution in [0.1, 0.15) is 40.9 Å². The summed E-state index contributed by atoms with van der Waals surface area (Å²) < 4.78 is 3.86. The molecule has 5 nitrogen and oxygen atoms in total. The number of nitrogens with zero attached hydrogens (tertiary/aromatic N) is 2. The van der Waals surface area contributed by atoms with Gasteiger partial charge < -0.3 is 14.5 Å². The van der Waals surface area contributed by atoms with Gasteiger partial charge in [-0.3, -0.25) is 9.59 Å². The highest BCUT2D eigenvalue weighted by molar-refractivity contribution is 5.94. The van der Waals surface area contributed by atoms with Crippen LogP contribution in [0.15, 0.2) is 47.4 Å². The summed E-state index contributed by atoms with van der Waals surface area (Å²) in [6.07, 6.45) is 7.00. The maximum absolute atomic E-state index is 12.5. The highest BCUT2D eigenvalue weighted by Gasteiger charge is 2.19. The number of rotatable bonds is 5. The molecule has 1 amide bonds.